The van der Waals surface area contributed by atoms with Crippen molar-refractivity contribution >= 4 is 43.9 Å². The lowest BCUT2D eigenvalue weighted by atomic mass is 10.0. The van der Waals surface area contributed by atoms with Crippen molar-refractivity contribution < 1.29 is 4.79 Å². The van der Waals surface area contributed by atoms with Gasteiger partial charge in [0, 0.05) is 10.9 Å². The third-order valence-electron chi connectivity index (χ3n) is 3.97. The van der Waals surface area contributed by atoms with Crippen LogP contribution in [-0.4, -0.2) is 10.9 Å². The highest BCUT2D eigenvalue weighted by Crippen LogP contribution is 2.28. The number of fused-ring (bicyclic) bond motifs is 2. The molecule has 0 aliphatic heterocycles. The second-order valence-corrected chi connectivity index (χ2v) is 6.35. The first-order valence-corrected chi connectivity index (χ1v) is 8.23. The molecule has 0 radical (unpaired) electrons. The minimum Gasteiger partial charge on any atom is -0.321 e. The lowest BCUT2D eigenvalue weighted by Crippen LogP contribution is -2.13. The van der Waals surface area contributed by atoms with Crippen molar-refractivity contribution in [3.63, 3.8) is 0 Å². The van der Waals surface area contributed by atoms with Crippen LogP contribution in [-0.2, 0) is 0 Å². The van der Waals surface area contributed by atoms with Gasteiger partial charge in [-0.2, -0.15) is 0 Å². The van der Waals surface area contributed by atoms with Crippen LogP contribution in [0.5, 0.6) is 0 Å². The fourth-order valence-electron chi connectivity index (χ4n) is 2.73. The molecular formula is C19H14N2OS. The number of nitrogens with one attached hydrogen (secondary N) is 1. The highest BCUT2D eigenvalue weighted by molar-refractivity contribution is 7.16. The molecule has 0 saturated heterocycles. The van der Waals surface area contributed by atoms with Gasteiger partial charge in [0.05, 0.1) is 21.4 Å². The van der Waals surface area contributed by atoms with Crippen LogP contribution in [0.15, 0.2) is 60.1 Å². The number of benzene rings is 3. The van der Waals surface area contributed by atoms with Crippen LogP contribution >= 0.6 is 11.3 Å². The van der Waals surface area contributed by atoms with E-state index in [1.807, 2.05) is 55.5 Å². The number of aryl methyl sites for hydroxylation is 1. The normalized spacial score (nSPS) is 11.0. The summed E-state index contributed by atoms with van der Waals surface area (Å²) in [6.07, 6.45) is 0. The van der Waals surface area contributed by atoms with Crippen LogP contribution < -0.4 is 5.32 Å². The molecule has 0 fully saturated rings. The maximum Gasteiger partial charge on any atom is 0.255 e. The van der Waals surface area contributed by atoms with Crippen LogP contribution in [0, 0.1) is 6.92 Å². The fourth-order valence-corrected chi connectivity index (χ4v) is 3.44. The maximum absolute atomic E-state index is 12.6. The van der Waals surface area contributed by atoms with E-state index >= 15 is 0 Å². The molecule has 0 bridgehead atoms. The number of amides is 1. The summed E-state index contributed by atoms with van der Waals surface area (Å²) in [7, 11) is 0. The Hall–Kier alpha value is -2.72. The molecule has 0 spiro atoms. The van der Waals surface area contributed by atoms with Gasteiger partial charge in [0.25, 0.3) is 5.91 Å². The first kappa shape index (κ1) is 13.9. The Bertz CT molecular complexity index is 1040. The summed E-state index contributed by atoms with van der Waals surface area (Å²) in [5, 5.41) is 5.24. The molecule has 1 N–H and O–H groups in total. The summed E-state index contributed by atoms with van der Waals surface area (Å²) in [6.45, 7) is 2.01. The van der Waals surface area contributed by atoms with E-state index in [1.54, 1.807) is 5.51 Å². The predicted octanol–water partition coefficient (Wildman–Crippen LogP) is 5.01. The summed E-state index contributed by atoms with van der Waals surface area (Å²) >= 11 is 1.54. The van der Waals surface area contributed by atoms with E-state index in [0.29, 0.717) is 5.56 Å². The van der Waals surface area contributed by atoms with Crippen LogP contribution in [0.3, 0.4) is 0 Å². The molecule has 0 unspecified atom stereocenters. The number of hydrogen-bond donors (Lipinski definition) is 1. The largest absolute Gasteiger partial charge is 0.321 e. The van der Waals surface area contributed by atoms with Gasteiger partial charge >= 0.3 is 0 Å². The number of anilines is 1. The van der Waals surface area contributed by atoms with E-state index < -0.39 is 0 Å². The molecule has 0 aliphatic carbocycles. The second kappa shape index (κ2) is 5.48. The van der Waals surface area contributed by atoms with Gasteiger partial charge in [0.1, 0.15) is 0 Å². The van der Waals surface area contributed by atoms with E-state index in [1.165, 1.54) is 11.3 Å². The first-order chi connectivity index (χ1) is 11.2. The number of aromatic nitrogens is 1. The molecule has 4 aromatic rings. The summed E-state index contributed by atoms with van der Waals surface area (Å²) in [5.41, 5.74) is 5.29. The van der Waals surface area contributed by atoms with Crippen molar-refractivity contribution in [2.24, 2.45) is 0 Å². The Morgan fingerprint density at radius 1 is 1.09 bits per heavy atom. The smallest absolute Gasteiger partial charge is 0.255 e. The molecule has 4 rings (SSSR count). The third-order valence-corrected chi connectivity index (χ3v) is 4.76. The van der Waals surface area contributed by atoms with E-state index in [9.17, 15) is 4.79 Å². The van der Waals surface area contributed by atoms with E-state index in [0.717, 1.165) is 32.2 Å². The average molecular weight is 318 g/mol. The third kappa shape index (κ3) is 2.47. The summed E-state index contributed by atoms with van der Waals surface area (Å²) in [6, 6.07) is 17.8. The van der Waals surface area contributed by atoms with Gasteiger partial charge < -0.3 is 5.32 Å². The zero-order valence-electron chi connectivity index (χ0n) is 12.5. The molecule has 3 nitrogen and oxygen atoms in total. The van der Waals surface area contributed by atoms with Gasteiger partial charge in [-0.1, -0.05) is 36.4 Å². The number of nitrogens with zero attached hydrogens (tertiary/aromatic N) is 1. The number of hydrogen-bond acceptors (Lipinski definition) is 3. The highest BCUT2D eigenvalue weighted by Gasteiger charge is 2.11. The Labute approximate surface area is 137 Å². The Morgan fingerprint density at radius 3 is 2.87 bits per heavy atom. The lowest BCUT2D eigenvalue weighted by molar-refractivity contribution is 0.102. The van der Waals surface area contributed by atoms with Crippen molar-refractivity contribution in [3.05, 3.63) is 71.2 Å². The molecule has 23 heavy (non-hydrogen) atoms. The molecule has 3 aromatic carbocycles. The molecule has 1 amide bonds. The maximum atomic E-state index is 12.6. The van der Waals surface area contributed by atoms with Crippen LogP contribution in [0.25, 0.3) is 21.0 Å². The van der Waals surface area contributed by atoms with Gasteiger partial charge in [-0.15, -0.1) is 11.3 Å². The van der Waals surface area contributed by atoms with Gasteiger partial charge in [0.2, 0.25) is 0 Å². The van der Waals surface area contributed by atoms with Gasteiger partial charge in [-0.05, 0) is 36.1 Å². The predicted molar refractivity (Wildman–Crippen MR) is 96.3 cm³/mol. The first-order valence-electron chi connectivity index (χ1n) is 7.35. The van der Waals surface area contributed by atoms with E-state index in [2.05, 4.69) is 16.4 Å². The quantitative estimate of drug-likeness (QED) is 0.564. The van der Waals surface area contributed by atoms with Gasteiger partial charge in [0.15, 0.2) is 0 Å². The Morgan fingerprint density at radius 2 is 1.96 bits per heavy atom. The lowest BCUT2D eigenvalue weighted by Gasteiger charge is -2.12. The number of rotatable bonds is 2. The Balaban J connectivity index is 1.75. The van der Waals surface area contributed by atoms with Gasteiger partial charge in [-0.3, -0.25) is 4.79 Å². The molecule has 112 valence electrons. The number of carbonyl (C=O) groups is 1. The summed E-state index contributed by atoms with van der Waals surface area (Å²) < 4.78 is 1.02. The zero-order chi connectivity index (χ0) is 15.8. The minimum absolute atomic E-state index is 0.0975. The highest BCUT2D eigenvalue weighted by atomic mass is 32.1. The molecule has 1 aromatic heterocycles. The van der Waals surface area contributed by atoms with Crippen molar-refractivity contribution in [1.29, 1.82) is 0 Å². The van der Waals surface area contributed by atoms with Crippen LogP contribution in [0.2, 0.25) is 0 Å². The summed E-state index contributed by atoms with van der Waals surface area (Å²) in [5.74, 6) is -0.0975. The van der Waals surface area contributed by atoms with E-state index in [-0.39, 0.29) is 5.91 Å². The van der Waals surface area contributed by atoms with Crippen molar-refractivity contribution in [2.75, 3.05) is 5.32 Å². The van der Waals surface area contributed by atoms with E-state index in [4.69, 9.17) is 0 Å². The van der Waals surface area contributed by atoms with Crippen molar-refractivity contribution in [2.45, 2.75) is 6.92 Å². The zero-order valence-corrected chi connectivity index (χ0v) is 13.4. The van der Waals surface area contributed by atoms with Crippen molar-refractivity contribution in [1.82, 2.24) is 4.98 Å². The molecular weight excluding hydrogens is 304 g/mol. The molecule has 0 atom stereocenters. The number of thiazole rings is 1. The monoisotopic (exact) mass is 318 g/mol. The van der Waals surface area contributed by atoms with Crippen molar-refractivity contribution in [3.8, 4) is 0 Å². The molecule has 1 heterocycles. The molecule has 4 heteroatoms. The van der Waals surface area contributed by atoms with Gasteiger partial charge in [-0.25, -0.2) is 4.98 Å². The number of carbonyl (C=O) groups excluding carboxylic acids is 1. The Kier molecular flexibility index (Phi) is 3.32. The van der Waals surface area contributed by atoms with Crippen LogP contribution in [0.4, 0.5) is 5.69 Å². The standard InChI is InChI=1S/C19H14N2OS/c1-12-6-7-13-4-2-3-5-15(13)18(12)21-19(22)14-8-9-16-17(10-14)23-11-20-16/h2-11H,1H3,(H,21,22). The SMILES string of the molecule is Cc1ccc2ccccc2c1NC(=O)c1ccc2ncsc2c1. The topological polar surface area (TPSA) is 42.0 Å². The minimum atomic E-state index is -0.0975. The fraction of sp³-hybridized carbons (Fsp3) is 0.0526. The molecule has 0 saturated carbocycles. The molecule has 0 aliphatic rings. The summed E-state index contributed by atoms with van der Waals surface area (Å²) in [4.78, 5) is 16.9. The second-order valence-electron chi connectivity index (χ2n) is 5.47. The van der Waals surface area contributed by atoms with Crippen LogP contribution in [0.1, 0.15) is 15.9 Å². The average Bonchev–Trinajstić information content (AvgIpc) is 3.05.